The lowest BCUT2D eigenvalue weighted by molar-refractivity contribution is 0.513. The van der Waals surface area contributed by atoms with Crippen LogP contribution >= 0.6 is 11.6 Å². The van der Waals surface area contributed by atoms with E-state index in [4.69, 9.17) is 16.6 Å². The summed E-state index contributed by atoms with van der Waals surface area (Å²) >= 11 is 6.05. The maximum atomic E-state index is 6.05. The van der Waals surface area contributed by atoms with Gasteiger partial charge in [-0.2, -0.15) is 0 Å². The Morgan fingerprint density at radius 3 is 2.84 bits per heavy atom. The van der Waals surface area contributed by atoms with E-state index >= 15 is 0 Å². The minimum absolute atomic E-state index is 0.603. The van der Waals surface area contributed by atoms with E-state index in [-0.39, 0.29) is 0 Å². The highest BCUT2D eigenvalue weighted by Crippen LogP contribution is 2.22. The van der Waals surface area contributed by atoms with Crippen LogP contribution < -0.4 is 5.32 Å². The lowest BCUT2D eigenvalue weighted by Gasteiger charge is -2.11. The molecule has 0 saturated heterocycles. The van der Waals surface area contributed by atoms with E-state index in [1.54, 1.807) is 0 Å². The normalized spacial score (nSPS) is 11.6. The quantitative estimate of drug-likeness (QED) is 0.820. The first kappa shape index (κ1) is 14.4. The monoisotopic (exact) mass is 279 g/mol. The number of likely N-dealkylation sites (N-methyl/N-ethyl adjacent to an activating group) is 1. The summed E-state index contributed by atoms with van der Waals surface area (Å²) in [5.74, 6) is 1.75. The molecule has 0 aliphatic heterocycles. The van der Waals surface area contributed by atoms with Crippen molar-refractivity contribution in [3.05, 3.63) is 29.0 Å². The number of hydrogen-bond donors (Lipinski definition) is 1. The third-order valence-corrected chi connectivity index (χ3v) is 3.35. The van der Waals surface area contributed by atoms with E-state index in [9.17, 15) is 0 Å². The van der Waals surface area contributed by atoms with Crippen LogP contribution in [-0.2, 0) is 13.0 Å². The van der Waals surface area contributed by atoms with Crippen molar-refractivity contribution < 1.29 is 0 Å². The summed E-state index contributed by atoms with van der Waals surface area (Å²) in [5, 5.41) is 4.10. The van der Waals surface area contributed by atoms with Crippen LogP contribution in [0.15, 0.2) is 18.2 Å². The molecule has 0 fully saturated rings. The van der Waals surface area contributed by atoms with E-state index in [0.717, 1.165) is 42.4 Å². The van der Waals surface area contributed by atoms with Crippen molar-refractivity contribution in [1.82, 2.24) is 14.9 Å². The molecular formula is C15H22ClN3. The summed E-state index contributed by atoms with van der Waals surface area (Å²) in [6.07, 6.45) is 0.951. The van der Waals surface area contributed by atoms with Gasteiger partial charge < -0.3 is 9.88 Å². The minimum atomic E-state index is 0.603. The number of fused-ring (bicyclic) bond motifs is 1. The zero-order valence-corrected chi connectivity index (χ0v) is 12.7. The summed E-state index contributed by atoms with van der Waals surface area (Å²) in [5.41, 5.74) is 2.18. The molecular weight excluding hydrogens is 258 g/mol. The number of benzene rings is 1. The molecule has 1 heterocycles. The minimum Gasteiger partial charge on any atom is -0.328 e. The smallest absolute Gasteiger partial charge is 0.111 e. The third kappa shape index (κ3) is 3.48. The molecule has 0 amide bonds. The highest BCUT2D eigenvalue weighted by Gasteiger charge is 2.11. The number of aromatic nitrogens is 2. The van der Waals surface area contributed by atoms with Crippen molar-refractivity contribution in [1.29, 1.82) is 0 Å². The van der Waals surface area contributed by atoms with Gasteiger partial charge >= 0.3 is 0 Å². The molecule has 0 bridgehead atoms. The van der Waals surface area contributed by atoms with E-state index in [2.05, 4.69) is 36.7 Å². The van der Waals surface area contributed by atoms with E-state index in [1.165, 1.54) is 5.52 Å². The summed E-state index contributed by atoms with van der Waals surface area (Å²) in [4.78, 5) is 4.74. The molecule has 104 valence electrons. The van der Waals surface area contributed by atoms with Crippen LogP contribution in [0.4, 0.5) is 0 Å². The number of nitrogens with zero attached hydrogens (tertiary/aromatic N) is 2. The summed E-state index contributed by atoms with van der Waals surface area (Å²) in [7, 11) is 0. The van der Waals surface area contributed by atoms with Crippen LogP contribution in [0, 0.1) is 5.92 Å². The number of imidazole rings is 1. The molecule has 0 atom stereocenters. The van der Waals surface area contributed by atoms with E-state index < -0.39 is 0 Å². The standard InChI is InChI=1S/C15H22ClN3/c1-4-17-8-7-15-18-13-9-12(16)5-6-14(13)19(15)10-11(2)3/h5-6,9,11,17H,4,7-8,10H2,1-3H3. The molecule has 19 heavy (non-hydrogen) atoms. The number of hydrogen-bond acceptors (Lipinski definition) is 2. The highest BCUT2D eigenvalue weighted by atomic mass is 35.5. The molecule has 0 unspecified atom stereocenters. The number of halogens is 1. The second-order valence-corrected chi connectivity index (χ2v) is 5.71. The average Bonchev–Trinajstić information content (AvgIpc) is 2.66. The fraction of sp³-hybridized carbons (Fsp3) is 0.533. The molecule has 0 spiro atoms. The fourth-order valence-corrected chi connectivity index (χ4v) is 2.46. The van der Waals surface area contributed by atoms with Gasteiger partial charge in [0.15, 0.2) is 0 Å². The number of rotatable bonds is 6. The van der Waals surface area contributed by atoms with Crippen molar-refractivity contribution >= 4 is 22.6 Å². The number of nitrogens with one attached hydrogen (secondary N) is 1. The second kappa shape index (κ2) is 6.40. The molecule has 0 radical (unpaired) electrons. The Kier molecular flexibility index (Phi) is 4.83. The first-order valence-electron chi connectivity index (χ1n) is 6.97. The average molecular weight is 280 g/mol. The van der Waals surface area contributed by atoms with Crippen LogP contribution in [0.2, 0.25) is 5.02 Å². The Balaban J connectivity index is 2.36. The SMILES string of the molecule is CCNCCc1nc2cc(Cl)ccc2n1CC(C)C. The predicted octanol–water partition coefficient (Wildman–Crippen LogP) is 3.50. The van der Waals surface area contributed by atoms with Gasteiger partial charge in [-0.05, 0) is 30.7 Å². The van der Waals surface area contributed by atoms with Gasteiger partial charge in [0.25, 0.3) is 0 Å². The first-order chi connectivity index (χ1) is 9.11. The Morgan fingerprint density at radius 2 is 2.16 bits per heavy atom. The van der Waals surface area contributed by atoms with Crippen molar-refractivity contribution in [2.24, 2.45) is 5.92 Å². The Morgan fingerprint density at radius 1 is 1.37 bits per heavy atom. The van der Waals surface area contributed by atoms with Gasteiger partial charge in [0, 0.05) is 24.5 Å². The second-order valence-electron chi connectivity index (χ2n) is 5.27. The predicted molar refractivity (Wildman–Crippen MR) is 81.8 cm³/mol. The Labute approximate surface area is 120 Å². The molecule has 1 aromatic heterocycles. The van der Waals surface area contributed by atoms with Gasteiger partial charge in [-0.1, -0.05) is 32.4 Å². The van der Waals surface area contributed by atoms with Crippen molar-refractivity contribution in [3.8, 4) is 0 Å². The van der Waals surface area contributed by atoms with Crippen LogP contribution in [0.25, 0.3) is 11.0 Å². The zero-order chi connectivity index (χ0) is 13.8. The van der Waals surface area contributed by atoms with Crippen LogP contribution in [-0.4, -0.2) is 22.6 Å². The van der Waals surface area contributed by atoms with Crippen LogP contribution in [0.3, 0.4) is 0 Å². The Bertz CT molecular complexity index is 546. The summed E-state index contributed by atoms with van der Waals surface area (Å²) in [6, 6.07) is 5.96. The Hall–Kier alpha value is -1.06. The molecule has 0 aliphatic rings. The molecule has 4 heteroatoms. The molecule has 1 aromatic carbocycles. The molecule has 2 aromatic rings. The van der Waals surface area contributed by atoms with Crippen molar-refractivity contribution in [3.63, 3.8) is 0 Å². The van der Waals surface area contributed by atoms with Crippen LogP contribution in [0.5, 0.6) is 0 Å². The van der Waals surface area contributed by atoms with Gasteiger partial charge in [0.05, 0.1) is 11.0 Å². The maximum Gasteiger partial charge on any atom is 0.111 e. The van der Waals surface area contributed by atoms with E-state index in [0.29, 0.717) is 5.92 Å². The third-order valence-electron chi connectivity index (χ3n) is 3.11. The summed E-state index contributed by atoms with van der Waals surface area (Å²) in [6.45, 7) is 9.55. The first-order valence-corrected chi connectivity index (χ1v) is 7.35. The van der Waals surface area contributed by atoms with Crippen LogP contribution in [0.1, 0.15) is 26.6 Å². The van der Waals surface area contributed by atoms with E-state index in [1.807, 2.05) is 12.1 Å². The van der Waals surface area contributed by atoms with Gasteiger partial charge in [-0.15, -0.1) is 0 Å². The van der Waals surface area contributed by atoms with Gasteiger partial charge in [-0.3, -0.25) is 0 Å². The van der Waals surface area contributed by atoms with Gasteiger partial charge in [0.2, 0.25) is 0 Å². The fourth-order valence-electron chi connectivity index (χ4n) is 2.29. The summed E-state index contributed by atoms with van der Waals surface area (Å²) < 4.78 is 2.33. The molecule has 3 nitrogen and oxygen atoms in total. The molecule has 0 aliphatic carbocycles. The van der Waals surface area contributed by atoms with Gasteiger partial charge in [0.1, 0.15) is 5.82 Å². The lowest BCUT2D eigenvalue weighted by Crippen LogP contribution is -2.19. The highest BCUT2D eigenvalue weighted by molar-refractivity contribution is 6.31. The van der Waals surface area contributed by atoms with Crippen molar-refractivity contribution in [2.75, 3.05) is 13.1 Å². The topological polar surface area (TPSA) is 29.9 Å². The zero-order valence-electron chi connectivity index (χ0n) is 11.9. The largest absolute Gasteiger partial charge is 0.328 e. The maximum absolute atomic E-state index is 6.05. The van der Waals surface area contributed by atoms with Crippen molar-refractivity contribution in [2.45, 2.75) is 33.7 Å². The lowest BCUT2D eigenvalue weighted by atomic mass is 10.2. The van der Waals surface area contributed by atoms with Gasteiger partial charge in [-0.25, -0.2) is 4.98 Å². The molecule has 1 N–H and O–H groups in total. The molecule has 2 rings (SSSR count). The molecule has 0 saturated carbocycles.